The van der Waals surface area contributed by atoms with Crippen molar-refractivity contribution in [2.24, 2.45) is 5.73 Å². The molecule has 2 N–H and O–H groups in total. The first kappa shape index (κ1) is 14.2. The lowest BCUT2D eigenvalue weighted by Crippen LogP contribution is -2.52. The zero-order chi connectivity index (χ0) is 13.9. The quantitative estimate of drug-likeness (QED) is 0.910. The van der Waals surface area contributed by atoms with E-state index in [-0.39, 0.29) is 0 Å². The summed E-state index contributed by atoms with van der Waals surface area (Å²) in [7, 11) is 0. The van der Waals surface area contributed by atoms with Crippen LogP contribution in [0.3, 0.4) is 0 Å². The first-order chi connectivity index (χ1) is 9.72. The van der Waals surface area contributed by atoms with Gasteiger partial charge >= 0.3 is 0 Å². The highest BCUT2D eigenvalue weighted by atomic mass is 35.5. The van der Waals surface area contributed by atoms with Crippen molar-refractivity contribution in [2.75, 3.05) is 31.1 Å². The predicted molar refractivity (Wildman–Crippen MR) is 85.5 cm³/mol. The smallest absolute Gasteiger partial charge is 0.0407 e. The number of nitrogens with two attached hydrogens (primary N) is 1. The van der Waals surface area contributed by atoms with E-state index in [1.807, 2.05) is 12.1 Å². The van der Waals surface area contributed by atoms with Crippen molar-refractivity contribution in [3.05, 3.63) is 29.3 Å². The van der Waals surface area contributed by atoms with Crippen molar-refractivity contribution in [3.63, 3.8) is 0 Å². The summed E-state index contributed by atoms with van der Waals surface area (Å²) in [4.78, 5) is 5.10. The number of hydrogen-bond donors (Lipinski definition) is 1. The molecule has 1 aromatic carbocycles. The Bertz CT molecular complexity index is 426. The maximum Gasteiger partial charge on any atom is 0.0407 e. The first-order valence-corrected chi connectivity index (χ1v) is 8.10. The highest BCUT2D eigenvalue weighted by Gasteiger charge is 2.27. The average Bonchev–Trinajstić information content (AvgIpc) is 2.48. The van der Waals surface area contributed by atoms with E-state index < -0.39 is 0 Å². The van der Waals surface area contributed by atoms with Gasteiger partial charge in [0, 0.05) is 49.0 Å². The Morgan fingerprint density at radius 2 is 1.70 bits per heavy atom. The summed E-state index contributed by atoms with van der Waals surface area (Å²) < 4.78 is 0. The molecule has 1 aliphatic heterocycles. The summed E-state index contributed by atoms with van der Waals surface area (Å²) in [6, 6.07) is 9.32. The van der Waals surface area contributed by atoms with Crippen LogP contribution in [0, 0.1) is 0 Å². The second-order valence-corrected chi connectivity index (χ2v) is 6.52. The Balaban J connectivity index is 1.55. The van der Waals surface area contributed by atoms with Gasteiger partial charge in [0.15, 0.2) is 0 Å². The van der Waals surface area contributed by atoms with E-state index in [9.17, 15) is 0 Å². The molecule has 0 bridgehead atoms. The highest BCUT2D eigenvalue weighted by Crippen LogP contribution is 2.25. The van der Waals surface area contributed by atoms with Crippen LogP contribution in [0.4, 0.5) is 5.69 Å². The molecule has 1 aliphatic carbocycles. The Morgan fingerprint density at radius 1 is 1.00 bits per heavy atom. The van der Waals surface area contributed by atoms with E-state index in [1.165, 1.54) is 31.4 Å². The summed E-state index contributed by atoms with van der Waals surface area (Å²) >= 11 is 5.95. The maximum absolute atomic E-state index is 6.11. The van der Waals surface area contributed by atoms with Crippen molar-refractivity contribution >= 4 is 17.3 Å². The molecular weight excluding hydrogens is 270 g/mol. The number of piperazine rings is 1. The van der Waals surface area contributed by atoms with Gasteiger partial charge in [0.2, 0.25) is 0 Å². The van der Waals surface area contributed by atoms with Crippen LogP contribution in [0.5, 0.6) is 0 Å². The van der Waals surface area contributed by atoms with Crippen LogP contribution in [-0.2, 0) is 0 Å². The van der Waals surface area contributed by atoms with Crippen molar-refractivity contribution in [1.82, 2.24) is 4.90 Å². The fraction of sp³-hybridized carbons (Fsp3) is 0.625. The minimum absolute atomic E-state index is 0.419. The minimum atomic E-state index is 0.419. The third-order valence-electron chi connectivity index (χ3n) is 4.71. The van der Waals surface area contributed by atoms with E-state index in [4.69, 9.17) is 17.3 Å². The van der Waals surface area contributed by atoms with Crippen molar-refractivity contribution in [1.29, 1.82) is 0 Å². The molecule has 2 atom stereocenters. The van der Waals surface area contributed by atoms with Crippen LogP contribution < -0.4 is 10.6 Å². The predicted octanol–water partition coefficient (Wildman–Crippen LogP) is 2.73. The van der Waals surface area contributed by atoms with Crippen LogP contribution in [0.15, 0.2) is 24.3 Å². The number of anilines is 1. The molecule has 2 fully saturated rings. The molecule has 20 heavy (non-hydrogen) atoms. The molecule has 2 unspecified atom stereocenters. The summed E-state index contributed by atoms with van der Waals surface area (Å²) in [5, 5.41) is 0.809. The largest absolute Gasteiger partial charge is 0.369 e. The molecule has 1 aromatic rings. The molecule has 4 heteroatoms. The number of hydrogen-bond acceptors (Lipinski definition) is 3. The Labute approximate surface area is 126 Å². The lowest BCUT2D eigenvalue weighted by molar-refractivity contribution is 0.140. The molecule has 1 heterocycles. The molecule has 2 aliphatic rings. The third-order valence-corrected chi connectivity index (χ3v) is 4.96. The average molecular weight is 294 g/mol. The van der Waals surface area contributed by atoms with Gasteiger partial charge in [-0.15, -0.1) is 0 Å². The standard InChI is InChI=1S/C16H24ClN3/c17-13-4-6-15(7-5-13)19-8-10-20(11-9-19)16-3-1-2-14(18)12-16/h4-7,14,16H,1-3,8-12,18H2. The van der Waals surface area contributed by atoms with Crippen molar-refractivity contribution < 1.29 is 0 Å². The number of nitrogens with zero attached hydrogens (tertiary/aromatic N) is 2. The van der Waals surface area contributed by atoms with E-state index >= 15 is 0 Å². The van der Waals surface area contributed by atoms with E-state index in [0.29, 0.717) is 12.1 Å². The summed E-state index contributed by atoms with van der Waals surface area (Å²) in [6.07, 6.45) is 5.01. The molecule has 1 saturated carbocycles. The van der Waals surface area contributed by atoms with Gasteiger partial charge < -0.3 is 10.6 Å². The summed E-state index contributed by atoms with van der Waals surface area (Å²) in [6.45, 7) is 4.51. The fourth-order valence-corrected chi connectivity index (χ4v) is 3.66. The first-order valence-electron chi connectivity index (χ1n) is 7.72. The number of rotatable bonds is 2. The molecule has 1 saturated heterocycles. The second-order valence-electron chi connectivity index (χ2n) is 6.08. The van der Waals surface area contributed by atoms with Gasteiger partial charge in [-0.05, 0) is 43.5 Å². The summed E-state index contributed by atoms with van der Waals surface area (Å²) in [5.74, 6) is 0. The van der Waals surface area contributed by atoms with Gasteiger partial charge in [-0.2, -0.15) is 0 Å². The van der Waals surface area contributed by atoms with Crippen LogP contribution >= 0.6 is 11.6 Å². The molecule has 0 aromatic heterocycles. The Kier molecular flexibility index (Phi) is 4.49. The SMILES string of the molecule is NC1CCCC(N2CCN(c3ccc(Cl)cc3)CC2)C1. The van der Waals surface area contributed by atoms with Crippen LogP contribution in [0.25, 0.3) is 0 Å². The van der Waals surface area contributed by atoms with Gasteiger partial charge in [-0.1, -0.05) is 18.0 Å². The normalized spacial score (nSPS) is 28.6. The van der Waals surface area contributed by atoms with Crippen LogP contribution in [-0.4, -0.2) is 43.2 Å². The topological polar surface area (TPSA) is 32.5 Å². The molecule has 3 rings (SSSR count). The Morgan fingerprint density at radius 3 is 2.35 bits per heavy atom. The minimum Gasteiger partial charge on any atom is -0.369 e. The fourth-order valence-electron chi connectivity index (χ4n) is 3.53. The molecule has 0 radical (unpaired) electrons. The van der Waals surface area contributed by atoms with E-state index in [0.717, 1.165) is 31.2 Å². The molecule has 0 spiro atoms. The zero-order valence-corrected chi connectivity index (χ0v) is 12.7. The van der Waals surface area contributed by atoms with Crippen molar-refractivity contribution in [2.45, 2.75) is 37.8 Å². The number of benzene rings is 1. The van der Waals surface area contributed by atoms with Gasteiger partial charge in [-0.25, -0.2) is 0 Å². The van der Waals surface area contributed by atoms with Crippen LogP contribution in [0.1, 0.15) is 25.7 Å². The van der Waals surface area contributed by atoms with Gasteiger partial charge in [0.1, 0.15) is 0 Å². The van der Waals surface area contributed by atoms with E-state index in [1.54, 1.807) is 0 Å². The Hall–Kier alpha value is -0.770. The molecular formula is C16H24ClN3. The van der Waals surface area contributed by atoms with Gasteiger partial charge in [-0.3, -0.25) is 4.90 Å². The molecule has 0 amide bonds. The lowest BCUT2D eigenvalue weighted by Gasteiger charge is -2.42. The highest BCUT2D eigenvalue weighted by molar-refractivity contribution is 6.30. The van der Waals surface area contributed by atoms with Crippen LogP contribution in [0.2, 0.25) is 5.02 Å². The lowest BCUT2D eigenvalue weighted by atomic mass is 9.90. The second kappa shape index (κ2) is 6.33. The van der Waals surface area contributed by atoms with Gasteiger partial charge in [0.05, 0.1) is 0 Å². The van der Waals surface area contributed by atoms with Gasteiger partial charge in [0.25, 0.3) is 0 Å². The third kappa shape index (κ3) is 3.27. The summed E-state index contributed by atoms with van der Waals surface area (Å²) in [5.41, 5.74) is 7.40. The molecule has 110 valence electrons. The zero-order valence-electron chi connectivity index (χ0n) is 12.0. The monoisotopic (exact) mass is 293 g/mol. The van der Waals surface area contributed by atoms with Crippen molar-refractivity contribution in [3.8, 4) is 0 Å². The molecule has 3 nitrogen and oxygen atoms in total. The van der Waals surface area contributed by atoms with E-state index in [2.05, 4.69) is 21.9 Å². The maximum atomic E-state index is 6.11. The number of halogens is 1.